The average molecular weight is 286 g/mol. The van der Waals surface area contributed by atoms with E-state index in [1.807, 2.05) is 18.2 Å². The lowest BCUT2D eigenvalue weighted by atomic mass is 9.77. The Morgan fingerprint density at radius 3 is 2.86 bits per heavy atom. The van der Waals surface area contributed by atoms with Crippen LogP contribution in [0.25, 0.3) is 0 Å². The summed E-state index contributed by atoms with van der Waals surface area (Å²) in [5, 5.41) is 6.73. The lowest BCUT2D eigenvalue weighted by Gasteiger charge is -2.39. The average Bonchev–Trinajstić information content (AvgIpc) is 2.55. The zero-order valence-electron chi connectivity index (χ0n) is 12.9. The summed E-state index contributed by atoms with van der Waals surface area (Å²) in [5.41, 5.74) is 2.18. The van der Waals surface area contributed by atoms with Crippen LogP contribution < -0.4 is 10.6 Å². The van der Waals surface area contributed by atoms with Gasteiger partial charge >= 0.3 is 0 Å². The van der Waals surface area contributed by atoms with Gasteiger partial charge in [-0.3, -0.25) is 4.79 Å². The molecule has 3 rings (SSSR count). The van der Waals surface area contributed by atoms with Gasteiger partial charge in [0.15, 0.2) is 0 Å². The first-order valence-electron chi connectivity index (χ1n) is 8.42. The molecule has 1 aliphatic carbocycles. The fourth-order valence-corrected chi connectivity index (χ4v) is 3.87. The van der Waals surface area contributed by atoms with Crippen molar-refractivity contribution in [2.75, 3.05) is 5.32 Å². The fraction of sp³-hybridized carbons (Fsp3) is 0.611. The van der Waals surface area contributed by atoms with E-state index < -0.39 is 0 Å². The van der Waals surface area contributed by atoms with Gasteiger partial charge in [0.25, 0.3) is 0 Å². The molecule has 114 valence electrons. The first-order chi connectivity index (χ1) is 10.3. The van der Waals surface area contributed by atoms with E-state index in [1.54, 1.807) is 0 Å². The molecule has 1 saturated heterocycles. The predicted molar refractivity (Wildman–Crippen MR) is 86.4 cm³/mol. The van der Waals surface area contributed by atoms with Crippen molar-refractivity contribution in [2.45, 2.75) is 64.0 Å². The molecule has 2 N–H and O–H groups in total. The van der Waals surface area contributed by atoms with Crippen molar-refractivity contribution < 1.29 is 4.79 Å². The third-order valence-electron chi connectivity index (χ3n) is 5.12. The monoisotopic (exact) mass is 286 g/mol. The molecule has 0 bridgehead atoms. The molecule has 2 fully saturated rings. The number of rotatable bonds is 3. The van der Waals surface area contributed by atoms with Crippen LogP contribution in [-0.2, 0) is 11.2 Å². The Balaban J connectivity index is 1.63. The molecule has 0 spiro atoms. The number of benzene rings is 1. The van der Waals surface area contributed by atoms with Crippen LogP contribution >= 0.6 is 0 Å². The van der Waals surface area contributed by atoms with Crippen molar-refractivity contribution >= 4 is 11.6 Å². The number of piperidine rings is 1. The van der Waals surface area contributed by atoms with Crippen molar-refractivity contribution in [3.8, 4) is 0 Å². The van der Waals surface area contributed by atoms with Gasteiger partial charge in [0.2, 0.25) is 5.91 Å². The largest absolute Gasteiger partial charge is 0.324 e. The molecule has 21 heavy (non-hydrogen) atoms. The van der Waals surface area contributed by atoms with E-state index in [0.29, 0.717) is 6.04 Å². The number of carbonyl (C=O) groups excluding carboxylic acids is 1. The number of carbonyl (C=O) groups is 1. The number of hydrogen-bond acceptors (Lipinski definition) is 2. The number of hydrogen-bond donors (Lipinski definition) is 2. The molecule has 1 saturated carbocycles. The molecule has 0 aromatic heterocycles. The molecule has 2 aliphatic rings. The van der Waals surface area contributed by atoms with Crippen molar-refractivity contribution in [1.29, 1.82) is 0 Å². The molecular weight excluding hydrogens is 260 g/mol. The smallest absolute Gasteiger partial charge is 0.241 e. The Morgan fingerprint density at radius 1 is 1.19 bits per heavy atom. The van der Waals surface area contributed by atoms with Gasteiger partial charge in [-0.25, -0.2) is 0 Å². The zero-order valence-corrected chi connectivity index (χ0v) is 12.9. The predicted octanol–water partition coefficient (Wildman–Crippen LogP) is 3.50. The zero-order chi connectivity index (χ0) is 14.7. The third kappa shape index (κ3) is 3.29. The maximum Gasteiger partial charge on any atom is 0.241 e. The lowest BCUT2D eigenvalue weighted by Crippen LogP contribution is -2.53. The second kappa shape index (κ2) is 6.61. The van der Waals surface area contributed by atoms with Crippen LogP contribution in [0, 0.1) is 5.92 Å². The van der Waals surface area contributed by atoms with E-state index in [9.17, 15) is 4.79 Å². The summed E-state index contributed by atoms with van der Waals surface area (Å²) in [6.07, 6.45) is 8.36. The van der Waals surface area contributed by atoms with Gasteiger partial charge in [0, 0.05) is 11.7 Å². The molecule has 1 heterocycles. The van der Waals surface area contributed by atoms with Gasteiger partial charge < -0.3 is 10.6 Å². The summed E-state index contributed by atoms with van der Waals surface area (Å²) >= 11 is 0. The fourth-order valence-electron chi connectivity index (χ4n) is 3.87. The van der Waals surface area contributed by atoms with Crippen molar-refractivity contribution in [1.82, 2.24) is 5.32 Å². The van der Waals surface area contributed by atoms with E-state index in [1.165, 1.54) is 37.7 Å². The minimum absolute atomic E-state index is 0.0192. The molecule has 1 aliphatic heterocycles. The molecular formula is C18H26N2O. The molecule has 3 heteroatoms. The van der Waals surface area contributed by atoms with Crippen LogP contribution in [0.4, 0.5) is 5.69 Å². The van der Waals surface area contributed by atoms with E-state index in [2.05, 4.69) is 23.6 Å². The quantitative estimate of drug-likeness (QED) is 0.893. The SMILES string of the molecule is CCc1ccccc1NC(=O)C1CCC2CCCCC2N1. The maximum absolute atomic E-state index is 12.5. The highest BCUT2D eigenvalue weighted by molar-refractivity contribution is 5.95. The standard InChI is InChI=1S/C18H26N2O/c1-2-13-7-3-5-9-15(13)20-18(21)17-12-11-14-8-4-6-10-16(14)19-17/h3,5,7,9,14,16-17,19H,2,4,6,8,10-12H2,1H3,(H,20,21). The number of fused-ring (bicyclic) bond motifs is 1. The molecule has 1 amide bonds. The first kappa shape index (κ1) is 14.6. The molecule has 1 aromatic rings. The highest BCUT2D eigenvalue weighted by Crippen LogP contribution is 2.32. The van der Waals surface area contributed by atoms with Gasteiger partial charge in [0.1, 0.15) is 0 Å². The first-order valence-corrected chi connectivity index (χ1v) is 8.42. The Labute approximate surface area is 127 Å². The summed E-state index contributed by atoms with van der Waals surface area (Å²) in [6.45, 7) is 2.12. The lowest BCUT2D eigenvalue weighted by molar-refractivity contribution is -0.119. The van der Waals surface area contributed by atoms with Gasteiger partial charge in [-0.1, -0.05) is 38.0 Å². The van der Waals surface area contributed by atoms with Gasteiger partial charge in [0.05, 0.1) is 6.04 Å². The van der Waals surface area contributed by atoms with Crippen LogP contribution in [0.3, 0.4) is 0 Å². The maximum atomic E-state index is 12.5. The van der Waals surface area contributed by atoms with Crippen LogP contribution in [0.5, 0.6) is 0 Å². The van der Waals surface area contributed by atoms with E-state index in [0.717, 1.165) is 24.4 Å². The molecule has 3 unspecified atom stereocenters. The Morgan fingerprint density at radius 2 is 2.00 bits per heavy atom. The summed E-state index contributed by atoms with van der Waals surface area (Å²) in [4.78, 5) is 12.5. The Kier molecular flexibility index (Phi) is 4.59. The topological polar surface area (TPSA) is 41.1 Å². The minimum atomic E-state index is -0.0192. The van der Waals surface area contributed by atoms with E-state index in [-0.39, 0.29) is 11.9 Å². The van der Waals surface area contributed by atoms with Gasteiger partial charge in [-0.15, -0.1) is 0 Å². The summed E-state index contributed by atoms with van der Waals surface area (Å²) in [5.74, 6) is 0.936. The van der Waals surface area contributed by atoms with E-state index >= 15 is 0 Å². The van der Waals surface area contributed by atoms with Gasteiger partial charge in [-0.2, -0.15) is 0 Å². The third-order valence-corrected chi connectivity index (χ3v) is 5.12. The molecule has 1 aromatic carbocycles. The minimum Gasteiger partial charge on any atom is -0.324 e. The summed E-state index contributed by atoms with van der Waals surface area (Å²) < 4.78 is 0. The number of anilines is 1. The van der Waals surface area contributed by atoms with Crippen LogP contribution in [-0.4, -0.2) is 18.0 Å². The number of amides is 1. The van der Waals surface area contributed by atoms with Gasteiger partial charge in [-0.05, 0) is 49.7 Å². The summed E-state index contributed by atoms with van der Waals surface area (Å²) in [7, 11) is 0. The van der Waals surface area contributed by atoms with E-state index in [4.69, 9.17) is 0 Å². The summed E-state index contributed by atoms with van der Waals surface area (Å²) in [6, 6.07) is 8.64. The normalized spacial score (nSPS) is 28.7. The second-order valence-electron chi connectivity index (χ2n) is 6.45. The molecule has 0 radical (unpaired) electrons. The number of para-hydroxylation sites is 1. The molecule has 3 nitrogen and oxygen atoms in total. The highest BCUT2D eigenvalue weighted by Gasteiger charge is 2.34. The second-order valence-corrected chi connectivity index (χ2v) is 6.45. The highest BCUT2D eigenvalue weighted by atomic mass is 16.2. The van der Waals surface area contributed by atoms with Crippen LogP contribution in [0.2, 0.25) is 0 Å². The van der Waals surface area contributed by atoms with Crippen molar-refractivity contribution in [3.05, 3.63) is 29.8 Å². The number of nitrogens with one attached hydrogen (secondary N) is 2. The van der Waals surface area contributed by atoms with Crippen LogP contribution in [0.1, 0.15) is 51.0 Å². The van der Waals surface area contributed by atoms with Crippen LogP contribution in [0.15, 0.2) is 24.3 Å². The number of aryl methyl sites for hydroxylation is 1. The van der Waals surface area contributed by atoms with Crippen molar-refractivity contribution in [2.24, 2.45) is 5.92 Å². The molecule has 3 atom stereocenters. The van der Waals surface area contributed by atoms with Crippen molar-refractivity contribution in [3.63, 3.8) is 0 Å². The Bertz CT molecular complexity index is 500. The Hall–Kier alpha value is -1.35.